The Kier molecular flexibility index (Phi) is 4.31. The first kappa shape index (κ1) is 17.1. The van der Waals surface area contributed by atoms with Crippen molar-refractivity contribution in [2.45, 2.75) is 25.8 Å². The first-order valence-electron chi connectivity index (χ1n) is 8.68. The Labute approximate surface area is 154 Å². The van der Waals surface area contributed by atoms with Gasteiger partial charge in [-0.05, 0) is 43.5 Å². The van der Waals surface area contributed by atoms with Gasteiger partial charge in [0.2, 0.25) is 5.91 Å². The summed E-state index contributed by atoms with van der Waals surface area (Å²) in [6.07, 6.45) is 5.46. The van der Waals surface area contributed by atoms with Crippen molar-refractivity contribution >= 4 is 28.7 Å². The van der Waals surface area contributed by atoms with Crippen LogP contribution in [0.15, 0.2) is 36.8 Å². The Hall–Kier alpha value is -3.29. The van der Waals surface area contributed by atoms with Crippen LogP contribution in [0.5, 0.6) is 0 Å². The molecule has 8 heteroatoms. The zero-order valence-electron chi connectivity index (χ0n) is 14.7. The van der Waals surface area contributed by atoms with Gasteiger partial charge in [-0.1, -0.05) is 6.07 Å². The molecule has 1 aliphatic carbocycles. The fraction of sp³-hybridized carbons (Fsp3) is 0.263. The third-order valence-electron chi connectivity index (χ3n) is 4.50. The Morgan fingerprint density at radius 3 is 2.85 bits per heavy atom. The lowest BCUT2D eigenvalue weighted by Gasteiger charge is -2.09. The lowest BCUT2D eigenvalue weighted by atomic mass is 10.2. The predicted octanol–water partition coefficient (Wildman–Crippen LogP) is 2.58. The fourth-order valence-corrected chi connectivity index (χ4v) is 2.85. The molecule has 2 aromatic heterocycles. The number of hydrogen-bond acceptors (Lipinski definition) is 4. The maximum atomic E-state index is 13.3. The third-order valence-corrected chi connectivity index (χ3v) is 4.50. The topological polar surface area (TPSA) is 88.9 Å². The molecule has 1 aromatic carbocycles. The van der Waals surface area contributed by atoms with Crippen molar-refractivity contribution in [3.8, 4) is 0 Å². The summed E-state index contributed by atoms with van der Waals surface area (Å²) >= 11 is 0. The van der Waals surface area contributed by atoms with Crippen molar-refractivity contribution < 1.29 is 14.0 Å². The van der Waals surface area contributed by atoms with Crippen LogP contribution >= 0.6 is 0 Å². The maximum Gasteiger partial charge on any atom is 0.253 e. The lowest BCUT2D eigenvalue weighted by Crippen LogP contribution is -2.33. The molecular formula is C19H18FN5O2. The molecule has 2 N–H and O–H groups in total. The van der Waals surface area contributed by atoms with Crippen LogP contribution in [0.4, 0.5) is 10.1 Å². The number of carbonyl (C=O) groups is 2. The normalized spacial score (nSPS) is 13.6. The Morgan fingerprint density at radius 2 is 2.07 bits per heavy atom. The molecule has 0 spiro atoms. The van der Waals surface area contributed by atoms with Crippen molar-refractivity contribution in [3.63, 3.8) is 0 Å². The lowest BCUT2D eigenvalue weighted by molar-refractivity contribution is -0.115. The van der Waals surface area contributed by atoms with E-state index in [1.807, 2.05) is 4.57 Å². The molecule has 0 atom stereocenters. The summed E-state index contributed by atoms with van der Waals surface area (Å²) in [5.41, 5.74) is 2.85. The van der Waals surface area contributed by atoms with Crippen LogP contribution in [0.3, 0.4) is 0 Å². The molecule has 1 fully saturated rings. The molecular weight excluding hydrogens is 349 g/mol. The van der Waals surface area contributed by atoms with Crippen molar-refractivity contribution in [2.75, 3.05) is 11.9 Å². The quantitative estimate of drug-likeness (QED) is 0.725. The molecule has 2 heterocycles. The van der Waals surface area contributed by atoms with Crippen molar-refractivity contribution in [1.82, 2.24) is 19.9 Å². The number of fused-ring (bicyclic) bond motifs is 1. The monoisotopic (exact) mass is 367 g/mol. The SMILES string of the molecule is Cc1ccc(F)cc1NC(=O)CNC(=O)c1cnc2c(c1)ncn2C1CC1. The Balaban J connectivity index is 1.39. The van der Waals surface area contributed by atoms with Crippen molar-refractivity contribution in [2.24, 2.45) is 0 Å². The van der Waals surface area contributed by atoms with E-state index in [0.717, 1.165) is 24.1 Å². The summed E-state index contributed by atoms with van der Waals surface area (Å²) in [6, 6.07) is 6.25. The van der Waals surface area contributed by atoms with E-state index in [2.05, 4.69) is 20.6 Å². The van der Waals surface area contributed by atoms with Crippen LogP contribution in [0.25, 0.3) is 11.2 Å². The van der Waals surface area contributed by atoms with Crippen LogP contribution in [-0.4, -0.2) is 32.9 Å². The number of halogens is 1. The standard InChI is InChI=1S/C19H18FN5O2/c1-11-2-3-13(20)7-15(11)24-17(26)9-22-19(27)12-6-16-18(21-8-12)25(10-23-16)14-4-5-14/h2-3,6-8,10,14H,4-5,9H2,1H3,(H,22,27)(H,24,26). The van der Waals surface area contributed by atoms with E-state index in [1.54, 1.807) is 25.4 Å². The first-order valence-corrected chi connectivity index (χ1v) is 8.68. The average Bonchev–Trinajstić information content (AvgIpc) is 3.41. The Bertz CT molecular complexity index is 1040. The number of anilines is 1. The van der Waals surface area contributed by atoms with Gasteiger partial charge in [0.25, 0.3) is 5.91 Å². The maximum absolute atomic E-state index is 13.3. The van der Waals surface area contributed by atoms with Gasteiger partial charge in [-0.25, -0.2) is 14.4 Å². The highest BCUT2D eigenvalue weighted by atomic mass is 19.1. The van der Waals surface area contributed by atoms with Gasteiger partial charge in [0.15, 0.2) is 5.65 Å². The van der Waals surface area contributed by atoms with Crippen molar-refractivity contribution in [3.05, 3.63) is 53.7 Å². The molecule has 0 unspecified atom stereocenters. The van der Waals surface area contributed by atoms with Crippen LogP contribution in [0, 0.1) is 12.7 Å². The molecule has 0 aliphatic heterocycles. The number of benzene rings is 1. The summed E-state index contributed by atoms with van der Waals surface area (Å²) in [7, 11) is 0. The van der Waals surface area contributed by atoms with Gasteiger partial charge < -0.3 is 15.2 Å². The van der Waals surface area contributed by atoms with Crippen LogP contribution in [-0.2, 0) is 4.79 Å². The molecule has 1 aliphatic rings. The van der Waals surface area contributed by atoms with Gasteiger partial charge in [0, 0.05) is 17.9 Å². The minimum atomic E-state index is -0.441. The number of nitrogens with one attached hydrogen (secondary N) is 2. The highest BCUT2D eigenvalue weighted by Crippen LogP contribution is 2.36. The average molecular weight is 367 g/mol. The highest BCUT2D eigenvalue weighted by Gasteiger charge is 2.25. The number of rotatable bonds is 5. The minimum absolute atomic E-state index is 0.233. The largest absolute Gasteiger partial charge is 0.343 e. The number of aryl methyl sites for hydroxylation is 1. The summed E-state index contributed by atoms with van der Waals surface area (Å²) < 4.78 is 15.3. The van der Waals surface area contributed by atoms with Crippen LogP contribution < -0.4 is 10.6 Å². The molecule has 27 heavy (non-hydrogen) atoms. The number of amides is 2. The molecule has 0 bridgehead atoms. The van der Waals surface area contributed by atoms with Crippen LogP contribution in [0.2, 0.25) is 0 Å². The van der Waals surface area contributed by atoms with Crippen LogP contribution in [0.1, 0.15) is 34.8 Å². The molecule has 1 saturated carbocycles. The molecule has 2 amide bonds. The second-order valence-electron chi connectivity index (χ2n) is 6.64. The number of pyridine rings is 1. The van der Waals surface area contributed by atoms with E-state index in [4.69, 9.17) is 0 Å². The highest BCUT2D eigenvalue weighted by molar-refractivity contribution is 6.00. The van der Waals surface area contributed by atoms with Gasteiger partial charge >= 0.3 is 0 Å². The van der Waals surface area contributed by atoms with E-state index < -0.39 is 17.6 Å². The zero-order chi connectivity index (χ0) is 19.0. The summed E-state index contributed by atoms with van der Waals surface area (Å²) in [5.74, 6) is -1.30. The van der Waals surface area contributed by atoms with E-state index in [1.165, 1.54) is 18.3 Å². The van der Waals surface area contributed by atoms with Gasteiger partial charge in [0.1, 0.15) is 11.3 Å². The third kappa shape index (κ3) is 3.64. The second-order valence-corrected chi connectivity index (χ2v) is 6.64. The van der Waals surface area contributed by atoms with E-state index in [-0.39, 0.29) is 6.54 Å². The minimum Gasteiger partial charge on any atom is -0.343 e. The number of nitrogens with zero attached hydrogens (tertiary/aromatic N) is 3. The van der Waals surface area contributed by atoms with Gasteiger partial charge in [-0.3, -0.25) is 9.59 Å². The summed E-state index contributed by atoms with van der Waals surface area (Å²) in [6.45, 7) is 1.53. The number of aromatic nitrogens is 3. The molecule has 138 valence electrons. The van der Waals surface area contributed by atoms with Gasteiger partial charge in [0.05, 0.1) is 18.4 Å². The smallest absolute Gasteiger partial charge is 0.253 e. The molecule has 0 radical (unpaired) electrons. The van der Waals surface area contributed by atoms with E-state index >= 15 is 0 Å². The van der Waals surface area contributed by atoms with E-state index in [9.17, 15) is 14.0 Å². The van der Waals surface area contributed by atoms with Crippen molar-refractivity contribution in [1.29, 1.82) is 0 Å². The predicted molar refractivity (Wildman–Crippen MR) is 97.9 cm³/mol. The van der Waals surface area contributed by atoms with Gasteiger partial charge in [-0.2, -0.15) is 0 Å². The molecule has 7 nitrogen and oxygen atoms in total. The zero-order valence-corrected chi connectivity index (χ0v) is 14.7. The molecule has 3 aromatic rings. The fourth-order valence-electron chi connectivity index (χ4n) is 2.85. The molecule has 4 rings (SSSR count). The number of carbonyl (C=O) groups excluding carboxylic acids is 2. The van der Waals surface area contributed by atoms with Gasteiger partial charge in [-0.15, -0.1) is 0 Å². The number of hydrogen-bond donors (Lipinski definition) is 2. The summed E-state index contributed by atoms with van der Waals surface area (Å²) in [4.78, 5) is 33.0. The second kappa shape index (κ2) is 6.79. The summed E-state index contributed by atoms with van der Waals surface area (Å²) in [5, 5.41) is 5.13. The number of imidazole rings is 1. The van der Waals surface area contributed by atoms with E-state index in [0.29, 0.717) is 22.8 Å². The molecule has 0 saturated heterocycles. The Morgan fingerprint density at radius 1 is 1.26 bits per heavy atom. The first-order chi connectivity index (χ1) is 13.0.